The van der Waals surface area contributed by atoms with Gasteiger partial charge in [-0.2, -0.15) is 0 Å². The van der Waals surface area contributed by atoms with Crippen molar-refractivity contribution in [3.8, 4) is 0 Å². The average molecular weight is 217 g/mol. The molecule has 1 aromatic heterocycles. The lowest BCUT2D eigenvalue weighted by Gasteiger charge is -2.02. The maximum Gasteiger partial charge on any atom is 0.0504 e. The number of nitrogen functional groups attached to an aromatic ring is 1. The van der Waals surface area contributed by atoms with Crippen molar-refractivity contribution in [2.75, 3.05) is 12.3 Å². The second-order valence-corrected chi connectivity index (χ2v) is 3.96. The van der Waals surface area contributed by atoms with Crippen molar-refractivity contribution in [2.45, 2.75) is 26.9 Å². The summed E-state index contributed by atoms with van der Waals surface area (Å²) >= 11 is 0. The Morgan fingerprint density at radius 1 is 1.31 bits per heavy atom. The fraction of sp³-hybridized carbons (Fsp3) is 0.385. The third-order valence-electron chi connectivity index (χ3n) is 2.92. The molecule has 0 fully saturated rings. The Morgan fingerprint density at radius 3 is 2.81 bits per heavy atom. The molecule has 1 aromatic carbocycles. The summed E-state index contributed by atoms with van der Waals surface area (Å²) in [6.07, 6.45) is 2.20. The van der Waals surface area contributed by atoms with E-state index in [2.05, 4.69) is 36.0 Å². The van der Waals surface area contributed by atoms with Crippen molar-refractivity contribution in [1.82, 2.24) is 9.88 Å². The number of rotatable bonds is 4. The predicted octanol–water partition coefficient (Wildman–Crippen LogP) is 2.35. The van der Waals surface area contributed by atoms with Crippen molar-refractivity contribution < 1.29 is 0 Å². The van der Waals surface area contributed by atoms with Crippen LogP contribution >= 0.6 is 0 Å². The Kier molecular flexibility index (Phi) is 3.15. The van der Waals surface area contributed by atoms with E-state index in [1.54, 1.807) is 0 Å². The SMILES string of the molecule is CCNCc1cn(CC)c2cccc(N)c12. The molecule has 86 valence electrons. The maximum atomic E-state index is 6.06. The number of hydrogen-bond donors (Lipinski definition) is 2. The van der Waals surface area contributed by atoms with Gasteiger partial charge in [-0.15, -0.1) is 0 Å². The first-order chi connectivity index (χ1) is 7.77. The van der Waals surface area contributed by atoms with Crippen LogP contribution in [0.4, 0.5) is 5.69 Å². The minimum atomic E-state index is 0.873. The molecule has 0 unspecified atom stereocenters. The molecule has 0 saturated heterocycles. The van der Waals surface area contributed by atoms with Crippen LogP contribution in [0.1, 0.15) is 19.4 Å². The first kappa shape index (κ1) is 11.0. The first-order valence-corrected chi connectivity index (χ1v) is 5.84. The van der Waals surface area contributed by atoms with Crippen LogP contribution in [0.3, 0.4) is 0 Å². The van der Waals surface area contributed by atoms with Crippen LogP contribution in [-0.4, -0.2) is 11.1 Å². The van der Waals surface area contributed by atoms with Gasteiger partial charge in [0, 0.05) is 30.4 Å². The van der Waals surface area contributed by atoms with E-state index >= 15 is 0 Å². The van der Waals surface area contributed by atoms with Crippen molar-refractivity contribution in [3.05, 3.63) is 30.0 Å². The van der Waals surface area contributed by atoms with Crippen LogP contribution in [0, 0.1) is 0 Å². The fourth-order valence-corrected chi connectivity index (χ4v) is 2.12. The lowest BCUT2D eigenvalue weighted by Crippen LogP contribution is -2.11. The van der Waals surface area contributed by atoms with Crippen molar-refractivity contribution >= 4 is 16.6 Å². The Hall–Kier alpha value is -1.48. The van der Waals surface area contributed by atoms with Crippen molar-refractivity contribution in [2.24, 2.45) is 0 Å². The van der Waals surface area contributed by atoms with Gasteiger partial charge in [-0.3, -0.25) is 0 Å². The lowest BCUT2D eigenvalue weighted by atomic mass is 10.1. The van der Waals surface area contributed by atoms with Gasteiger partial charge in [0.2, 0.25) is 0 Å². The third-order valence-corrected chi connectivity index (χ3v) is 2.92. The first-order valence-electron chi connectivity index (χ1n) is 5.84. The molecular formula is C13H19N3. The van der Waals surface area contributed by atoms with Crippen molar-refractivity contribution in [3.63, 3.8) is 0 Å². The zero-order valence-corrected chi connectivity index (χ0v) is 9.96. The van der Waals surface area contributed by atoms with Gasteiger partial charge in [0.25, 0.3) is 0 Å². The Morgan fingerprint density at radius 2 is 2.12 bits per heavy atom. The highest BCUT2D eigenvalue weighted by atomic mass is 15.0. The number of nitrogens with one attached hydrogen (secondary N) is 1. The summed E-state index contributed by atoms with van der Waals surface area (Å²) in [5.74, 6) is 0. The number of nitrogens with zero attached hydrogens (tertiary/aromatic N) is 1. The summed E-state index contributed by atoms with van der Waals surface area (Å²) in [7, 11) is 0. The van der Waals surface area contributed by atoms with Gasteiger partial charge in [-0.1, -0.05) is 13.0 Å². The molecule has 2 aromatic rings. The van der Waals surface area contributed by atoms with E-state index in [-0.39, 0.29) is 0 Å². The minimum Gasteiger partial charge on any atom is -0.398 e. The highest BCUT2D eigenvalue weighted by molar-refractivity contribution is 5.94. The number of benzene rings is 1. The third kappa shape index (κ3) is 1.78. The molecule has 0 saturated carbocycles. The molecule has 1 heterocycles. The molecule has 16 heavy (non-hydrogen) atoms. The van der Waals surface area contributed by atoms with E-state index in [0.717, 1.165) is 25.3 Å². The van der Waals surface area contributed by atoms with E-state index in [1.165, 1.54) is 16.5 Å². The summed E-state index contributed by atoms with van der Waals surface area (Å²) in [5, 5.41) is 4.55. The summed E-state index contributed by atoms with van der Waals surface area (Å²) in [5.41, 5.74) is 9.45. The second kappa shape index (κ2) is 4.58. The molecule has 0 radical (unpaired) electrons. The molecule has 0 bridgehead atoms. The highest BCUT2D eigenvalue weighted by Crippen LogP contribution is 2.26. The Balaban J connectivity index is 2.55. The van der Waals surface area contributed by atoms with E-state index < -0.39 is 0 Å². The van der Waals surface area contributed by atoms with Gasteiger partial charge in [0.1, 0.15) is 0 Å². The number of hydrogen-bond acceptors (Lipinski definition) is 2. The summed E-state index contributed by atoms with van der Waals surface area (Å²) in [4.78, 5) is 0. The van der Waals surface area contributed by atoms with Crippen LogP contribution in [0.15, 0.2) is 24.4 Å². The van der Waals surface area contributed by atoms with Gasteiger partial charge in [0.05, 0.1) is 5.52 Å². The topological polar surface area (TPSA) is 43.0 Å². The molecule has 0 aliphatic heterocycles. The van der Waals surface area contributed by atoms with E-state index in [4.69, 9.17) is 5.73 Å². The molecule has 0 atom stereocenters. The lowest BCUT2D eigenvalue weighted by molar-refractivity contribution is 0.721. The van der Waals surface area contributed by atoms with Gasteiger partial charge in [-0.05, 0) is 31.2 Å². The maximum absolute atomic E-state index is 6.06. The van der Waals surface area contributed by atoms with Crippen LogP contribution in [0.2, 0.25) is 0 Å². The van der Waals surface area contributed by atoms with Crippen LogP contribution in [0.25, 0.3) is 10.9 Å². The number of fused-ring (bicyclic) bond motifs is 1. The summed E-state index contributed by atoms with van der Waals surface area (Å²) < 4.78 is 2.25. The molecular weight excluding hydrogens is 198 g/mol. The van der Waals surface area contributed by atoms with E-state index in [0.29, 0.717) is 0 Å². The van der Waals surface area contributed by atoms with Gasteiger partial charge in [0.15, 0.2) is 0 Å². The van der Waals surface area contributed by atoms with Crippen LogP contribution < -0.4 is 11.1 Å². The molecule has 3 heteroatoms. The van der Waals surface area contributed by atoms with Crippen LogP contribution in [-0.2, 0) is 13.1 Å². The zero-order valence-electron chi connectivity index (χ0n) is 9.96. The number of anilines is 1. The quantitative estimate of drug-likeness (QED) is 0.772. The highest BCUT2D eigenvalue weighted by Gasteiger charge is 2.09. The predicted molar refractivity (Wildman–Crippen MR) is 69.4 cm³/mol. The minimum absolute atomic E-state index is 0.873. The average Bonchev–Trinajstić information content (AvgIpc) is 2.66. The second-order valence-electron chi connectivity index (χ2n) is 3.96. The smallest absolute Gasteiger partial charge is 0.0504 e. The monoisotopic (exact) mass is 217 g/mol. The van der Waals surface area contributed by atoms with Crippen LogP contribution in [0.5, 0.6) is 0 Å². The molecule has 0 aliphatic rings. The number of nitrogens with two attached hydrogens (primary N) is 1. The standard InChI is InChI=1S/C13H19N3/c1-3-15-8-10-9-16(4-2)12-7-5-6-11(14)13(10)12/h5-7,9,15H,3-4,8,14H2,1-2H3. The Labute approximate surface area is 96.2 Å². The molecule has 3 N–H and O–H groups in total. The zero-order chi connectivity index (χ0) is 11.5. The molecule has 0 spiro atoms. The fourth-order valence-electron chi connectivity index (χ4n) is 2.12. The molecule has 3 nitrogen and oxygen atoms in total. The van der Waals surface area contributed by atoms with Gasteiger partial charge in [-0.25, -0.2) is 0 Å². The number of aryl methyl sites for hydroxylation is 1. The van der Waals surface area contributed by atoms with E-state index in [1.807, 2.05) is 12.1 Å². The Bertz CT molecular complexity index is 485. The van der Waals surface area contributed by atoms with E-state index in [9.17, 15) is 0 Å². The molecule has 2 rings (SSSR count). The molecule has 0 amide bonds. The van der Waals surface area contributed by atoms with Gasteiger partial charge < -0.3 is 15.6 Å². The normalized spacial score (nSPS) is 11.1. The van der Waals surface area contributed by atoms with Crippen molar-refractivity contribution in [1.29, 1.82) is 0 Å². The largest absolute Gasteiger partial charge is 0.398 e. The number of aromatic nitrogens is 1. The van der Waals surface area contributed by atoms with Gasteiger partial charge >= 0.3 is 0 Å². The summed E-state index contributed by atoms with van der Waals surface area (Å²) in [6, 6.07) is 6.11. The summed E-state index contributed by atoms with van der Waals surface area (Å²) in [6.45, 7) is 7.11. The molecule has 0 aliphatic carbocycles.